The summed E-state index contributed by atoms with van der Waals surface area (Å²) in [7, 11) is 0. The van der Waals surface area contributed by atoms with Crippen molar-refractivity contribution in [2.75, 3.05) is 6.61 Å². The van der Waals surface area contributed by atoms with Gasteiger partial charge in [0.25, 0.3) is 0 Å². The molecule has 2 heterocycles. The molecule has 2 aliphatic heterocycles. The molecule has 0 aromatic carbocycles. The van der Waals surface area contributed by atoms with Crippen LogP contribution < -0.4 is 0 Å². The standard InChI is InChI=1S/C17H26O2/c1-2-5-12-9-14-10-13-6-4-8-18-16(13)11-17(14)19-15(12)7-3-1/h12-13,15-16H,1-11H2. The highest BCUT2D eigenvalue weighted by atomic mass is 16.5. The lowest BCUT2D eigenvalue weighted by atomic mass is 9.75. The molecule has 0 bridgehead atoms. The Hall–Kier alpha value is -0.500. The maximum atomic E-state index is 6.42. The lowest BCUT2D eigenvalue weighted by molar-refractivity contribution is -0.0586. The zero-order valence-electron chi connectivity index (χ0n) is 11.9. The van der Waals surface area contributed by atoms with Gasteiger partial charge >= 0.3 is 0 Å². The Labute approximate surface area is 116 Å². The van der Waals surface area contributed by atoms with E-state index in [1.165, 1.54) is 63.5 Å². The summed E-state index contributed by atoms with van der Waals surface area (Å²) in [4.78, 5) is 0. The lowest BCUT2D eigenvalue weighted by Gasteiger charge is -2.43. The Balaban J connectivity index is 1.53. The largest absolute Gasteiger partial charge is 0.494 e. The molecular weight excluding hydrogens is 236 g/mol. The zero-order valence-corrected chi connectivity index (χ0v) is 11.9. The van der Waals surface area contributed by atoms with E-state index in [0.717, 1.165) is 24.9 Å². The molecule has 0 spiro atoms. The fourth-order valence-corrected chi connectivity index (χ4v) is 4.69. The fraction of sp³-hybridized carbons (Fsp3) is 0.882. The number of rotatable bonds is 0. The molecule has 0 amide bonds. The second-order valence-electron chi connectivity index (χ2n) is 7.01. The first-order valence-corrected chi connectivity index (χ1v) is 8.39. The van der Waals surface area contributed by atoms with E-state index in [9.17, 15) is 0 Å². The molecule has 2 heteroatoms. The predicted octanol–water partition coefficient (Wildman–Crippen LogP) is 4.20. The van der Waals surface area contributed by atoms with E-state index in [1.807, 2.05) is 0 Å². The second-order valence-corrected chi connectivity index (χ2v) is 7.01. The van der Waals surface area contributed by atoms with E-state index in [-0.39, 0.29) is 0 Å². The molecule has 19 heavy (non-hydrogen) atoms. The molecule has 0 N–H and O–H groups in total. The minimum atomic E-state index is 0.467. The summed E-state index contributed by atoms with van der Waals surface area (Å²) >= 11 is 0. The van der Waals surface area contributed by atoms with Crippen molar-refractivity contribution >= 4 is 0 Å². The van der Waals surface area contributed by atoms with Crippen molar-refractivity contribution in [2.24, 2.45) is 11.8 Å². The Kier molecular flexibility index (Phi) is 3.30. The smallest absolute Gasteiger partial charge is 0.101 e. The average Bonchev–Trinajstić information content (AvgIpc) is 2.67. The third-order valence-electron chi connectivity index (χ3n) is 5.76. The molecule has 1 saturated carbocycles. The molecule has 0 aromatic heterocycles. The van der Waals surface area contributed by atoms with Crippen LogP contribution >= 0.6 is 0 Å². The highest BCUT2D eigenvalue weighted by molar-refractivity contribution is 5.19. The van der Waals surface area contributed by atoms with Crippen LogP contribution in [0.4, 0.5) is 0 Å². The normalized spacial score (nSPS) is 42.5. The van der Waals surface area contributed by atoms with E-state index in [4.69, 9.17) is 9.47 Å². The SMILES string of the molecule is C1CCC2CC3=C(CC4OCCCC4C3)OC2CC1. The van der Waals surface area contributed by atoms with Gasteiger partial charge in [0.1, 0.15) is 6.10 Å². The maximum Gasteiger partial charge on any atom is 0.101 e. The highest BCUT2D eigenvalue weighted by Gasteiger charge is 2.39. The summed E-state index contributed by atoms with van der Waals surface area (Å²) < 4.78 is 12.4. The third kappa shape index (κ3) is 2.33. The Bertz CT molecular complexity index is 339. The van der Waals surface area contributed by atoms with Crippen molar-refractivity contribution in [2.45, 2.75) is 76.4 Å². The van der Waals surface area contributed by atoms with Gasteiger partial charge in [-0.15, -0.1) is 0 Å². The van der Waals surface area contributed by atoms with Gasteiger partial charge in [-0.3, -0.25) is 0 Å². The van der Waals surface area contributed by atoms with Crippen molar-refractivity contribution in [1.82, 2.24) is 0 Å². The van der Waals surface area contributed by atoms with Crippen molar-refractivity contribution in [3.05, 3.63) is 11.3 Å². The number of hydrogen-bond donors (Lipinski definition) is 0. The molecule has 4 atom stereocenters. The van der Waals surface area contributed by atoms with E-state index in [0.29, 0.717) is 12.2 Å². The van der Waals surface area contributed by atoms with Gasteiger partial charge in [-0.1, -0.05) is 12.8 Å². The summed E-state index contributed by atoms with van der Waals surface area (Å²) in [6, 6.07) is 0. The van der Waals surface area contributed by atoms with Crippen LogP contribution in [-0.4, -0.2) is 18.8 Å². The average molecular weight is 262 g/mol. The van der Waals surface area contributed by atoms with Gasteiger partial charge in [-0.05, 0) is 62.4 Å². The molecule has 2 aliphatic carbocycles. The number of fused-ring (bicyclic) bond motifs is 2. The maximum absolute atomic E-state index is 6.42. The Morgan fingerprint density at radius 1 is 0.737 bits per heavy atom. The fourth-order valence-electron chi connectivity index (χ4n) is 4.69. The number of allylic oxidation sites excluding steroid dienone is 1. The van der Waals surface area contributed by atoms with Crippen molar-refractivity contribution < 1.29 is 9.47 Å². The Morgan fingerprint density at radius 3 is 2.47 bits per heavy atom. The monoisotopic (exact) mass is 262 g/mol. The second kappa shape index (κ2) is 5.12. The molecule has 4 rings (SSSR count). The molecule has 2 fully saturated rings. The van der Waals surface area contributed by atoms with Gasteiger partial charge in [-0.2, -0.15) is 0 Å². The van der Waals surface area contributed by atoms with Crippen LogP contribution in [0.25, 0.3) is 0 Å². The summed E-state index contributed by atoms with van der Waals surface area (Å²) in [5.41, 5.74) is 1.66. The van der Waals surface area contributed by atoms with Gasteiger partial charge in [0, 0.05) is 13.0 Å². The first kappa shape index (κ1) is 12.3. The van der Waals surface area contributed by atoms with Crippen LogP contribution in [0.15, 0.2) is 11.3 Å². The van der Waals surface area contributed by atoms with E-state index in [2.05, 4.69) is 0 Å². The van der Waals surface area contributed by atoms with Gasteiger partial charge in [-0.25, -0.2) is 0 Å². The zero-order chi connectivity index (χ0) is 12.7. The predicted molar refractivity (Wildman–Crippen MR) is 74.8 cm³/mol. The molecule has 4 unspecified atom stereocenters. The third-order valence-corrected chi connectivity index (χ3v) is 5.76. The summed E-state index contributed by atoms with van der Waals surface area (Å²) in [6.07, 6.45) is 14.2. The topological polar surface area (TPSA) is 18.5 Å². The minimum Gasteiger partial charge on any atom is -0.494 e. The molecule has 0 aromatic rings. The number of ether oxygens (including phenoxy) is 2. The van der Waals surface area contributed by atoms with Gasteiger partial charge in [0.15, 0.2) is 0 Å². The highest BCUT2D eigenvalue weighted by Crippen LogP contribution is 2.45. The minimum absolute atomic E-state index is 0.467. The van der Waals surface area contributed by atoms with Crippen LogP contribution in [0.2, 0.25) is 0 Å². The summed E-state index contributed by atoms with van der Waals surface area (Å²) in [5.74, 6) is 2.95. The molecular formula is C17H26O2. The molecule has 4 aliphatic rings. The molecule has 2 nitrogen and oxygen atoms in total. The van der Waals surface area contributed by atoms with Gasteiger partial charge in [0.05, 0.1) is 11.9 Å². The number of hydrogen-bond acceptors (Lipinski definition) is 2. The molecule has 1 saturated heterocycles. The van der Waals surface area contributed by atoms with E-state index < -0.39 is 0 Å². The van der Waals surface area contributed by atoms with Gasteiger partial charge in [0.2, 0.25) is 0 Å². The van der Waals surface area contributed by atoms with Crippen molar-refractivity contribution in [3.8, 4) is 0 Å². The van der Waals surface area contributed by atoms with Crippen LogP contribution in [0.5, 0.6) is 0 Å². The molecule has 106 valence electrons. The summed E-state index contributed by atoms with van der Waals surface area (Å²) in [5, 5.41) is 0. The van der Waals surface area contributed by atoms with Gasteiger partial charge < -0.3 is 9.47 Å². The summed E-state index contributed by atoms with van der Waals surface area (Å²) in [6.45, 7) is 0.968. The quantitative estimate of drug-likeness (QED) is 0.651. The molecule has 0 radical (unpaired) electrons. The van der Waals surface area contributed by atoms with E-state index >= 15 is 0 Å². The first-order chi connectivity index (χ1) is 9.40. The van der Waals surface area contributed by atoms with Crippen LogP contribution in [0.1, 0.15) is 64.2 Å². The van der Waals surface area contributed by atoms with E-state index in [1.54, 1.807) is 5.57 Å². The van der Waals surface area contributed by atoms with Crippen LogP contribution in [0, 0.1) is 11.8 Å². The van der Waals surface area contributed by atoms with Crippen molar-refractivity contribution in [1.29, 1.82) is 0 Å². The Morgan fingerprint density at radius 2 is 1.53 bits per heavy atom. The lowest BCUT2D eigenvalue weighted by Crippen LogP contribution is -2.38. The first-order valence-electron chi connectivity index (χ1n) is 8.39. The van der Waals surface area contributed by atoms with Crippen molar-refractivity contribution in [3.63, 3.8) is 0 Å². The van der Waals surface area contributed by atoms with Crippen LogP contribution in [0.3, 0.4) is 0 Å². The van der Waals surface area contributed by atoms with Crippen LogP contribution in [-0.2, 0) is 9.47 Å².